The van der Waals surface area contributed by atoms with E-state index in [-0.39, 0.29) is 11.9 Å². The van der Waals surface area contributed by atoms with Gasteiger partial charge in [-0.2, -0.15) is 5.10 Å². The SMILES string of the molecule is CCC(N)Cc1cc(F)ccc1-n1cc(Cl)c(C)n1. The van der Waals surface area contributed by atoms with Crippen LogP contribution in [0.2, 0.25) is 5.02 Å². The highest BCUT2D eigenvalue weighted by Gasteiger charge is 2.12. The lowest BCUT2D eigenvalue weighted by Crippen LogP contribution is -2.22. The molecule has 1 aromatic heterocycles. The average Bonchev–Trinajstić information content (AvgIpc) is 2.69. The molecule has 1 unspecified atom stereocenters. The van der Waals surface area contributed by atoms with E-state index in [1.807, 2.05) is 13.8 Å². The monoisotopic (exact) mass is 281 g/mol. The molecule has 1 aromatic carbocycles. The molecular weight excluding hydrogens is 265 g/mol. The van der Waals surface area contributed by atoms with Crippen LogP contribution in [0, 0.1) is 12.7 Å². The smallest absolute Gasteiger partial charge is 0.123 e. The molecule has 2 N–H and O–H groups in total. The van der Waals surface area contributed by atoms with Gasteiger partial charge in [-0.3, -0.25) is 0 Å². The number of hydrogen-bond acceptors (Lipinski definition) is 2. The molecule has 5 heteroatoms. The van der Waals surface area contributed by atoms with Crippen molar-refractivity contribution in [3.63, 3.8) is 0 Å². The molecule has 0 fully saturated rings. The summed E-state index contributed by atoms with van der Waals surface area (Å²) >= 11 is 6.01. The highest BCUT2D eigenvalue weighted by atomic mass is 35.5. The number of halogens is 2. The largest absolute Gasteiger partial charge is 0.327 e. The molecule has 0 bridgehead atoms. The summed E-state index contributed by atoms with van der Waals surface area (Å²) in [6.45, 7) is 3.85. The van der Waals surface area contributed by atoms with E-state index in [2.05, 4.69) is 5.10 Å². The van der Waals surface area contributed by atoms with E-state index in [4.69, 9.17) is 17.3 Å². The van der Waals surface area contributed by atoms with E-state index >= 15 is 0 Å². The number of nitrogens with two attached hydrogens (primary N) is 1. The Kier molecular flexibility index (Phi) is 4.22. The maximum absolute atomic E-state index is 13.4. The van der Waals surface area contributed by atoms with E-state index in [0.29, 0.717) is 11.4 Å². The highest BCUT2D eigenvalue weighted by Crippen LogP contribution is 2.21. The van der Waals surface area contributed by atoms with E-state index < -0.39 is 0 Å². The standard InChI is InChI=1S/C14H17ClFN3/c1-3-12(17)7-10-6-11(16)4-5-14(10)19-8-13(15)9(2)18-19/h4-6,8,12H,3,7,17H2,1-2H3. The van der Waals surface area contributed by atoms with Gasteiger partial charge in [-0.1, -0.05) is 18.5 Å². The summed E-state index contributed by atoms with van der Waals surface area (Å²) in [7, 11) is 0. The van der Waals surface area contributed by atoms with Gasteiger partial charge in [0.2, 0.25) is 0 Å². The van der Waals surface area contributed by atoms with Gasteiger partial charge in [-0.25, -0.2) is 9.07 Å². The first-order valence-electron chi connectivity index (χ1n) is 6.27. The van der Waals surface area contributed by atoms with Crippen LogP contribution >= 0.6 is 11.6 Å². The Hall–Kier alpha value is -1.39. The van der Waals surface area contributed by atoms with E-state index in [1.54, 1.807) is 16.9 Å². The van der Waals surface area contributed by atoms with Gasteiger partial charge in [-0.15, -0.1) is 0 Å². The maximum atomic E-state index is 13.4. The molecule has 0 aliphatic heterocycles. The van der Waals surface area contributed by atoms with Crippen LogP contribution in [0.15, 0.2) is 24.4 Å². The van der Waals surface area contributed by atoms with Crippen molar-refractivity contribution in [3.8, 4) is 5.69 Å². The molecule has 0 amide bonds. The molecule has 102 valence electrons. The zero-order chi connectivity index (χ0) is 14.0. The maximum Gasteiger partial charge on any atom is 0.123 e. The number of aryl methyl sites for hydroxylation is 1. The second kappa shape index (κ2) is 5.72. The Morgan fingerprint density at radius 1 is 1.47 bits per heavy atom. The molecule has 0 radical (unpaired) electrons. The average molecular weight is 282 g/mol. The molecular formula is C14H17ClFN3. The Balaban J connectivity index is 2.44. The van der Waals surface area contributed by atoms with Gasteiger partial charge in [0, 0.05) is 12.2 Å². The number of benzene rings is 1. The molecule has 0 saturated heterocycles. The van der Waals surface area contributed by atoms with Gasteiger partial charge in [-0.05, 0) is 43.5 Å². The van der Waals surface area contributed by atoms with Crippen LogP contribution in [0.5, 0.6) is 0 Å². The third kappa shape index (κ3) is 3.14. The first-order chi connectivity index (χ1) is 9.01. The molecule has 1 atom stereocenters. The second-order valence-corrected chi connectivity index (χ2v) is 5.06. The summed E-state index contributed by atoms with van der Waals surface area (Å²) < 4.78 is 15.1. The molecule has 2 aromatic rings. The normalized spacial score (nSPS) is 12.7. The van der Waals surface area contributed by atoms with Crippen LogP contribution in [-0.2, 0) is 6.42 Å². The molecule has 0 aliphatic rings. The number of aromatic nitrogens is 2. The third-order valence-corrected chi connectivity index (χ3v) is 3.50. The van der Waals surface area contributed by atoms with Gasteiger partial charge in [0.15, 0.2) is 0 Å². The lowest BCUT2D eigenvalue weighted by atomic mass is 10.0. The van der Waals surface area contributed by atoms with Crippen molar-refractivity contribution >= 4 is 11.6 Å². The lowest BCUT2D eigenvalue weighted by molar-refractivity contribution is 0.611. The topological polar surface area (TPSA) is 43.8 Å². The van der Waals surface area contributed by atoms with Gasteiger partial charge in [0.1, 0.15) is 5.82 Å². The first kappa shape index (κ1) is 14.0. The Bertz CT molecular complexity index is 561. The zero-order valence-electron chi connectivity index (χ0n) is 11.0. The van der Waals surface area contributed by atoms with Crippen LogP contribution in [0.4, 0.5) is 4.39 Å². The fraction of sp³-hybridized carbons (Fsp3) is 0.357. The van der Waals surface area contributed by atoms with E-state index in [9.17, 15) is 4.39 Å². The Morgan fingerprint density at radius 2 is 2.21 bits per heavy atom. The second-order valence-electron chi connectivity index (χ2n) is 4.65. The number of rotatable bonds is 4. The van der Waals surface area contributed by atoms with Crippen LogP contribution < -0.4 is 5.73 Å². The fourth-order valence-corrected chi connectivity index (χ4v) is 2.06. The minimum Gasteiger partial charge on any atom is -0.327 e. The van der Waals surface area contributed by atoms with Crippen LogP contribution in [-0.4, -0.2) is 15.8 Å². The minimum absolute atomic E-state index is 0.00711. The van der Waals surface area contributed by atoms with Gasteiger partial charge in [0.25, 0.3) is 0 Å². The van der Waals surface area contributed by atoms with Gasteiger partial charge < -0.3 is 5.73 Å². The van der Waals surface area contributed by atoms with Gasteiger partial charge >= 0.3 is 0 Å². The molecule has 3 nitrogen and oxygen atoms in total. The van der Waals surface area contributed by atoms with Crippen LogP contribution in [0.1, 0.15) is 24.6 Å². The summed E-state index contributed by atoms with van der Waals surface area (Å²) in [5.41, 5.74) is 8.37. The van der Waals surface area contributed by atoms with Crippen LogP contribution in [0.3, 0.4) is 0 Å². The molecule has 0 spiro atoms. The van der Waals surface area contributed by atoms with Crippen molar-refractivity contribution in [1.82, 2.24) is 9.78 Å². The third-order valence-electron chi connectivity index (χ3n) is 3.13. The van der Waals surface area contributed by atoms with Gasteiger partial charge in [0.05, 0.1) is 16.4 Å². The summed E-state index contributed by atoms with van der Waals surface area (Å²) in [6.07, 6.45) is 3.18. The van der Waals surface area contributed by atoms with Crippen molar-refractivity contribution in [2.75, 3.05) is 0 Å². The summed E-state index contributed by atoms with van der Waals surface area (Å²) in [5.74, 6) is -0.267. The van der Waals surface area contributed by atoms with Crippen LogP contribution in [0.25, 0.3) is 5.69 Å². The molecule has 0 saturated carbocycles. The van der Waals surface area contributed by atoms with Crippen molar-refractivity contribution in [2.24, 2.45) is 5.73 Å². The minimum atomic E-state index is -0.267. The fourth-order valence-electron chi connectivity index (χ4n) is 1.93. The zero-order valence-corrected chi connectivity index (χ0v) is 11.8. The molecule has 2 rings (SSSR count). The Labute approximate surface area is 117 Å². The molecule has 0 aliphatic carbocycles. The number of hydrogen-bond donors (Lipinski definition) is 1. The molecule has 19 heavy (non-hydrogen) atoms. The summed E-state index contributed by atoms with van der Waals surface area (Å²) in [6, 6.07) is 4.64. The van der Waals surface area contributed by atoms with E-state index in [0.717, 1.165) is 23.4 Å². The van der Waals surface area contributed by atoms with Crippen molar-refractivity contribution in [1.29, 1.82) is 0 Å². The molecule has 1 heterocycles. The predicted octanol–water partition coefficient (Wildman–Crippen LogP) is 3.25. The highest BCUT2D eigenvalue weighted by molar-refractivity contribution is 6.31. The lowest BCUT2D eigenvalue weighted by Gasteiger charge is -2.13. The first-order valence-corrected chi connectivity index (χ1v) is 6.65. The summed E-state index contributed by atoms with van der Waals surface area (Å²) in [4.78, 5) is 0. The van der Waals surface area contributed by atoms with Crippen molar-refractivity contribution in [2.45, 2.75) is 32.7 Å². The Morgan fingerprint density at radius 3 is 2.79 bits per heavy atom. The quantitative estimate of drug-likeness (QED) is 0.935. The van der Waals surface area contributed by atoms with Crippen molar-refractivity contribution < 1.29 is 4.39 Å². The predicted molar refractivity (Wildman–Crippen MR) is 75.2 cm³/mol. The number of nitrogens with zero attached hydrogens (tertiary/aromatic N) is 2. The van der Waals surface area contributed by atoms with Crippen molar-refractivity contribution in [3.05, 3.63) is 46.5 Å². The summed E-state index contributed by atoms with van der Waals surface area (Å²) in [5, 5.41) is 4.92. The van der Waals surface area contributed by atoms with E-state index in [1.165, 1.54) is 12.1 Å².